The van der Waals surface area contributed by atoms with Gasteiger partial charge in [-0.3, -0.25) is 0 Å². The number of benzene rings is 2. The molecule has 0 bridgehead atoms. The van der Waals surface area contributed by atoms with Crippen molar-refractivity contribution in [2.45, 2.75) is 6.85 Å². The van der Waals surface area contributed by atoms with Gasteiger partial charge >= 0.3 is 0 Å². The first-order valence-electron chi connectivity index (χ1n) is 5.84. The summed E-state index contributed by atoms with van der Waals surface area (Å²) in [6.07, 6.45) is 0. The second-order valence-electron chi connectivity index (χ2n) is 3.06. The normalized spacial score (nSPS) is 14.2. The predicted octanol–water partition coefficient (Wildman–Crippen LogP) is 4.32. The lowest BCUT2D eigenvalue weighted by molar-refractivity contribution is 1.47. The van der Waals surface area contributed by atoms with Gasteiger partial charge in [-0.2, -0.15) is 0 Å². The van der Waals surface area contributed by atoms with Crippen molar-refractivity contribution in [3.05, 3.63) is 59.1 Å². The van der Waals surface area contributed by atoms with E-state index >= 15 is 0 Å². The molecule has 0 fully saturated rings. The summed E-state index contributed by atoms with van der Waals surface area (Å²) in [4.78, 5) is 0. The zero-order valence-electron chi connectivity index (χ0n) is 10.5. The van der Waals surface area contributed by atoms with Crippen LogP contribution in [0.4, 0.5) is 0 Å². The second-order valence-corrected chi connectivity index (χ2v) is 3.47. The molecule has 0 atom stereocenters. The largest absolute Gasteiger partial charge is 0.0837 e. The van der Waals surface area contributed by atoms with Gasteiger partial charge in [0.05, 0.1) is 0 Å². The van der Waals surface area contributed by atoms with E-state index in [9.17, 15) is 0 Å². The molecule has 0 saturated heterocycles. The van der Waals surface area contributed by atoms with Crippen LogP contribution in [0.3, 0.4) is 0 Å². The van der Waals surface area contributed by atoms with Crippen molar-refractivity contribution in [2.75, 3.05) is 0 Å². The molecule has 70 valence electrons. The van der Waals surface area contributed by atoms with Crippen LogP contribution in [0.25, 0.3) is 11.1 Å². The zero-order chi connectivity index (χ0) is 12.5. The molecule has 2 aromatic rings. The Kier molecular flexibility index (Phi) is 1.72. The first-order chi connectivity index (χ1) is 7.98. The van der Waals surface area contributed by atoms with Crippen molar-refractivity contribution >= 4 is 11.6 Å². The molecular weight excluding hydrogens is 192 g/mol. The summed E-state index contributed by atoms with van der Waals surface area (Å²) in [5.41, 5.74) is 2.00. The van der Waals surface area contributed by atoms with Crippen molar-refractivity contribution in [3.63, 3.8) is 0 Å². The van der Waals surface area contributed by atoms with Crippen LogP contribution >= 0.6 is 11.6 Å². The summed E-state index contributed by atoms with van der Waals surface area (Å²) >= 11 is 6.08. The van der Waals surface area contributed by atoms with Crippen LogP contribution in [-0.4, -0.2) is 0 Å². The lowest BCUT2D eigenvalue weighted by Gasteiger charge is -2.04. The average Bonchev–Trinajstić information content (AvgIpc) is 2.29. The number of hydrogen-bond donors (Lipinski definition) is 0. The molecule has 0 aromatic heterocycles. The fourth-order valence-corrected chi connectivity index (χ4v) is 1.63. The maximum absolute atomic E-state index is 7.39. The highest BCUT2D eigenvalue weighted by molar-refractivity contribution is 6.33. The predicted molar refractivity (Wildman–Crippen MR) is 61.6 cm³/mol. The molecule has 0 saturated carbocycles. The number of halogens is 1. The number of rotatable bonds is 1. The Morgan fingerprint density at radius 2 is 1.93 bits per heavy atom. The Bertz CT molecular complexity index is 532. The smallest absolute Gasteiger partial charge is 0.0484 e. The minimum atomic E-state index is -2.09. The summed E-state index contributed by atoms with van der Waals surface area (Å²) in [6.45, 7) is -2.09. The molecular formula is C13H11Cl. The van der Waals surface area contributed by atoms with E-state index in [1.807, 2.05) is 24.3 Å². The Morgan fingerprint density at radius 1 is 1.07 bits per heavy atom. The minimum absolute atomic E-state index is 0.329. The molecule has 0 radical (unpaired) electrons. The van der Waals surface area contributed by atoms with Gasteiger partial charge in [0.15, 0.2) is 0 Å². The maximum Gasteiger partial charge on any atom is 0.0484 e. The minimum Gasteiger partial charge on any atom is -0.0837 e. The number of hydrogen-bond acceptors (Lipinski definition) is 0. The molecule has 0 N–H and O–H groups in total. The summed E-state index contributed by atoms with van der Waals surface area (Å²) < 4.78 is 22.2. The Balaban J connectivity index is 2.51. The molecule has 2 rings (SSSR count). The van der Waals surface area contributed by atoms with E-state index in [2.05, 4.69) is 0 Å². The van der Waals surface area contributed by atoms with E-state index in [1.165, 1.54) is 0 Å². The summed E-state index contributed by atoms with van der Waals surface area (Å²) in [7, 11) is 0. The van der Waals surface area contributed by atoms with Crippen molar-refractivity contribution in [1.29, 1.82) is 0 Å². The van der Waals surface area contributed by atoms with Crippen molar-refractivity contribution < 1.29 is 4.11 Å². The van der Waals surface area contributed by atoms with Gasteiger partial charge in [-0.25, -0.2) is 0 Å². The van der Waals surface area contributed by atoms with E-state index in [0.717, 1.165) is 11.1 Å². The van der Waals surface area contributed by atoms with E-state index in [-0.39, 0.29) is 0 Å². The quantitative estimate of drug-likeness (QED) is 0.651. The van der Waals surface area contributed by atoms with Gasteiger partial charge in [-0.1, -0.05) is 59.6 Å². The Labute approximate surface area is 93.4 Å². The highest BCUT2D eigenvalue weighted by atomic mass is 35.5. The van der Waals surface area contributed by atoms with Crippen LogP contribution in [0.1, 0.15) is 9.68 Å². The van der Waals surface area contributed by atoms with Crippen LogP contribution in [0.5, 0.6) is 0 Å². The highest BCUT2D eigenvalue weighted by Gasteiger charge is 2.01. The SMILES string of the molecule is [2H]C([2H])([2H])c1cccc(-c2ccccc2Cl)c1. The van der Waals surface area contributed by atoms with Gasteiger partial charge in [0.1, 0.15) is 0 Å². The molecule has 0 spiro atoms. The molecule has 14 heavy (non-hydrogen) atoms. The van der Waals surface area contributed by atoms with Crippen LogP contribution in [-0.2, 0) is 0 Å². The summed E-state index contributed by atoms with van der Waals surface area (Å²) in [6, 6.07) is 14.3. The summed E-state index contributed by atoms with van der Waals surface area (Å²) in [5, 5.41) is 0.621. The van der Waals surface area contributed by atoms with Gasteiger partial charge < -0.3 is 0 Å². The maximum atomic E-state index is 7.39. The van der Waals surface area contributed by atoms with Crippen LogP contribution in [0.2, 0.25) is 5.02 Å². The molecule has 0 aliphatic heterocycles. The standard InChI is InChI=1S/C13H11Cl/c1-10-5-4-6-11(9-10)12-7-2-3-8-13(12)14/h2-9H,1H3/i1D3. The molecule has 0 heterocycles. The van der Waals surface area contributed by atoms with Gasteiger partial charge in [0.2, 0.25) is 0 Å². The Hall–Kier alpha value is -1.27. The fraction of sp³-hybridized carbons (Fsp3) is 0.0769. The van der Waals surface area contributed by atoms with Crippen molar-refractivity contribution in [2.24, 2.45) is 0 Å². The van der Waals surface area contributed by atoms with Crippen LogP contribution < -0.4 is 0 Å². The van der Waals surface area contributed by atoms with Gasteiger partial charge in [0.25, 0.3) is 0 Å². The Morgan fingerprint density at radius 3 is 2.71 bits per heavy atom. The molecule has 0 aliphatic rings. The van der Waals surface area contributed by atoms with Gasteiger partial charge in [0, 0.05) is 14.7 Å². The molecule has 0 unspecified atom stereocenters. The topological polar surface area (TPSA) is 0 Å². The number of aryl methyl sites for hydroxylation is 1. The van der Waals surface area contributed by atoms with E-state index in [4.69, 9.17) is 15.7 Å². The third kappa shape index (κ3) is 1.80. The van der Waals surface area contributed by atoms with E-state index in [1.54, 1.807) is 24.3 Å². The first kappa shape index (κ1) is 6.26. The second kappa shape index (κ2) is 3.85. The fourth-order valence-electron chi connectivity index (χ4n) is 1.38. The first-order valence-corrected chi connectivity index (χ1v) is 4.72. The van der Waals surface area contributed by atoms with E-state index in [0.29, 0.717) is 10.6 Å². The van der Waals surface area contributed by atoms with E-state index < -0.39 is 6.85 Å². The highest BCUT2D eigenvalue weighted by Crippen LogP contribution is 2.27. The summed E-state index contributed by atoms with van der Waals surface area (Å²) in [5.74, 6) is 0. The van der Waals surface area contributed by atoms with Crippen molar-refractivity contribution in [3.8, 4) is 11.1 Å². The van der Waals surface area contributed by atoms with Gasteiger partial charge in [-0.15, -0.1) is 0 Å². The monoisotopic (exact) mass is 205 g/mol. The molecule has 0 nitrogen and oxygen atoms in total. The molecule has 1 heteroatoms. The third-order valence-corrected chi connectivity index (χ3v) is 2.38. The lowest BCUT2D eigenvalue weighted by Crippen LogP contribution is -1.79. The molecule has 0 amide bonds. The van der Waals surface area contributed by atoms with Crippen molar-refractivity contribution in [1.82, 2.24) is 0 Å². The zero-order valence-corrected chi connectivity index (χ0v) is 8.25. The van der Waals surface area contributed by atoms with Gasteiger partial charge in [-0.05, 0) is 18.5 Å². The van der Waals surface area contributed by atoms with Crippen LogP contribution in [0, 0.1) is 6.85 Å². The average molecular weight is 206 g/mol. The lowest BCUT2D eigenvalue weighted by atomic mass is 10.0. The molecule has 0 aliphatic carbocycles. The third-order valence-electron chi connectivity index (χ3n) is 2.05. The molecule has 2 aromatic carbocycles. The van der Waals surface area contributed by atoms with Crippen LogP contribution in [0.15, 0.2) is 48.5 Å².